The molecule has 10 heteroatoms. The van der Waals surface area contributed by atoms with E-state index in [0.29, 0.717) is 6.42 Å². The van der Waals surface area contributed by atoms with Crippen molar-refractivity contribution in [3.8, 4) is 0 Å². The minimum atomic E-state index is -0.947. The van der Waals surface area contributed by atoms with Crippen LogP contribution in [0.25, 0.3) is 0 Å². The second kappa shape index (κ2) is 12.6. The molecule has 29 heavy (non-hydrogen) atoms. The second-order valence-corrected chi connectivity index (χ2v) is 7.03. The standard InChI is InChI=1S/C19H27ClN4O5/c1-13(2)10-15(22-19(28)29-12-14-6-4-3-5-7-14)18(27)23-24(17(26)11-20)9-8-16(21)25/h3-7,13,15H,8-12H2,1-2H3,(H2,21,25)(H,22,28)(H,23,27). The van der Waals surface area contributed by atoms with Crippen LogP contribution in [0.2, 0.25) is 0 Å². The maximum absolute atomic E-state index is 12.6. The number of ether oxygens (including phenoxy) is 1. The Bertz CT molecular complexity index is 699. The van der Waals surface area contributed by atoms with Crippen LogP contribution in [0.15, 0.2) is 30.3 Å². The third-order valence-corrected chi connectivity index (χ3v) is 4.00. The van der Waals surface area contributed by atoms with Crippen LogP contribution in [-0.4, -0.2) is 47.3 Å². The van der Waals surface area contributed by atoms with E-state index in [1.165, 1.54) is 0 Å². The number of rotatable bonds is 10. The molecule has 9 nitrogen and oxygen atoms in total. The zero-order valence-corrected chi connectivity index (χ0v) is 17.3. The molecule has 0 saturated carbocycles. The van der Waals surface area contributed by atoms with Crippen molar-refractivity contribution in [1.29, 1.82) is 0 Å². The summed E-state index contributed by atoms with van der Waals surface area (Å²) in [6.45, 7) is 3.69. The van der Waals surface area contributed by atoms with Crippen LogP contribution in [0.4, 0.5) is 4.79 Å². The first-order valence-corrected chi connectivity index (χ1v) is 9.68. The number of amides is 4. The lowest BCUT2D eigenvalue weighted by Crippen LogP contribution is -2.55. The fourth-order valence-corrected chi connectivity index (χ4v) is 2.50. The van der Waals surface area contributed by atoms with Crippen LogP contribution in [0.1, 0.15) is 32.3 Å². The molecule has 0 aliphatic carbocycles. The number of primary amides is 1. The zero-order valence-electron chi connectivity index (χ0n) is 16.5. The molecule has 4 amide bonds. The summed E-state index contributed by atoms with van der Waals surface area (Å²) in [6, 6.07) is 8.15. The van der Waals surface area contributed by atoms with Gasteiger partial charge in [-0.1, -0.05) is 44.2 Å². The number of carbonyl (C=O) groups is 4. The normalized spacial score (nSPS) is 11.4. The quantitative estimate of drug-likeness (QED) is 0.383. The van der Waals surface area contributed by atoms with Gasteiger partial charge >= 0.3 is 6.09 Å². The molecule has 1 aromatic rings. The van der Waals surface area contributed by atoms with E-state index in [9.17, 15) is 19.2 Å². The Morgan fingerprint density at radius 1 is 1.17 bits per heavy atom. The van der Waals surface area contributed by atoms with E-state index in [0.717, 1.165) is 10.6 Å². The van der Waals surface area contributed by atoms with Gasteiger partial charge in [0.25, 0.3) is 11.8 Å². The van der Waals surface area contributed by atoms with E-state index in [4.69, 9.17) is 22.1 Å². The number of nitrogens with one attached hydrogen (secondary N) is 2. The molecule has 0 radical (unpaired) electrons. The van der Waals surface area contributed by atoms with Gasteiger partial charge < -0.3 is 15.8 Å². The summed E-state index contributed by atoms with van der Waals surface area (Å²) in [5.74, 6) is -2.18. The molecule has 1 rings (SSSR count). The Balaban J connectivity index is 2.72. The first-order chi connectivity index (χ1) is 13.7. The van der Waals surface area contributed by atoms with E-state index in [-0.39, 0.29) is 31.4 Å². The molecular formula is C19H27ClN4O5. The Labute approximate surface area is 174 Å². The maximum Gasteiger partial charge on any atom is 0.408 e. The third kappa shape index (κ3) is 9.79. The van der Waals surface area contributed by atoms with Crippen molar-refractivity contribution in [2.75, 3.05) is 12.4 Å². The van der Waals surface area contributed by atoms with Crippen molar-refractivity contribution in [2.45, 2.75) is 39.3 Å². The van der Waals surface area contributed by atoms with Crippen molar-refractivity contribution in [1.82, 2.24) is 15.8 Å². The van der Waals surface area contributed by atoms with Crippen molar-refractivity contribution in [3.63, 3.8) is 0 Å². The van der Waals surface area contributed by atoms with Crippen molar-refractivity contribution >= 4 is 35.4 Å². The minimum Gasteiger partial charge on any atom is -0.445 e. The summed E-state index contributed by atoms with van der Waals surface area (Å²) in [6.07, 6.45) is -0.600. The van der Waals surface area contributed by atoms with Crippen LogP contribution < -0.4 is 16.5 Å². The highest BCUT2D eigenvalue weighted by Crippen LogP contribution is 2.07. The monoisotopic (exact) mass is 426 g/mol. The molecule has 0 aliphatic heterocycles. The summed E-state index contributed by atoms with van der Waals surface area (Å²) in [7, 11) is 0. The molecule has 1 aromatic carbocycles. The number of hydrazine groups is 1. The Morgan fingerprint density at radius 2 is 1.83 bits per heavy atom. The summed E-state index contributed by atoms with van der Waals surface area (Å²) in [4.78, 5) is 47.6. The van der Waals surface area contributed by atoms with Gasteiger partial charge in [0.15, 0.2) is 0 Å². The number of benzene rings is 1. The van der Waals surface area contributed by atoms with Gasteiger partial charge in [-0.15, -0.1) is 11.6 Å². The van der Waals surface area contributed by atoms with Gasteiger partial charge in [0, 0.05) is 6.42 Å². The van der Waals surface area contributed by atoms with E-state index < -0.39 is 29.9 Å². The average molecular weight is 427 g/mol. The van der Waals surface area contributed by atoms with Crippen LogP contribution in [0, 0.1) is 5.92 Å². The lowest BCUT2D eigenvalue weighted by atomic mass is 10.0. The van der Waals surface area contributed by atoms with Crippen molar-refractivity contribution in [2.24, 2.45) is 11.7 Å². The second-order valence-electron chi connectivity index (χ2n) is 6.76. The highest BCUT2D eigenvalue weighted by atomic mass is 35.5. The minimum absolute atomic E-state index is 0.0537. The average Bonchev–Trinajstić information content (AvgIpc) is 2.68. The first-order valence-electron chi connectivity index (χ1n) is 9.15. The Morgan fingerprint density at radius 3 is 2.38 bits per heavy atom. The van der Waals surface area contributed by atoms with Gasteiger partial charge in [-0.05, 0) is 17.9 Å². The topological polar surface area (TPSA) is 131 Å². The first kappa shape index (κ1) is 24.2. The lowest BCUT2D eigenvalue weighted by Gasteiger charge is -2.26. The van der Waals surface area contributed by atoms with Crippen LogP contribution in [0.5, 0.6) is 0 Å². The Kier molecular flexibility index (Phi) is 10.5. The molecule has 1 atom stereocenters. The molecule has 0 heterocycles. The predicted octanol–water partition coefficient (Wildman–Crippen LogP) is 1.30. The van der Waals surface area contributed by atoms with E-state index in [1.807, 2.05) is 32.0 Å². The van der Waals surface area contributed by atoms with Gasteiger partial charge in [0.2, 0.25) is 5.91 Å². The number of hydrogen-bond donors (Lipinski definition) is 3. The largest absolute Gasteiger partial charge is 0.445 e. The van der Waals surface area contributed by atoms with Gasteiger partial charge in [-0.25, -0.2) is 4.79 Å². The fourth-order valence-electron chi connectivity index (χ4n) is 2.36. The molecule has 0 fully saturated rings. The summed E-state index contributed by atoms with van der Waals surface area (Å²) >= 11 is 5.54. The fraction of sp³-hybridized carbons (Fsp3) is 0.474. The molecule has 0 bridgehead atoms. The molecule has 0 spiro atoms. The van der Waals surface area contributed by atoms with E-state index >= 15 is 0 Å². The zero-order chi connectivity index (χ0) is 21.8. The molecule has 0 aliphatic rings. The number of hydrogen-bond acceptors (Lipinski definition) is 5. The summed E-state index contributed by atoms with van der Waals surface area (Å²) in [5.41, 5.74) is 8.28. The van der Waals surface area contributed by atoms with Crippen LogP contribution >= 0.6 is 11.6 Å². The number of halogens is 1. The highest BCUT2D eigenvalue weighted by Gasteiger charge is 2.26. The van der Waals surface area contributed by atoms with Gasteiger partial charge in [0.1, 0.15) is 18.5 Å². The number of nitrogens with zero attached hydrogens (tertiary/aromatic N) is 1. The molecule has 1 unspecified atom stereocenters. The number of nitrogens with two attached hydrogens (primary N) is 1. The Hall–Kier alpha value is -2.81. The molecular weight excluding hydrogens is 400 g/mol. The summed E-state index contributed by atoms with van der Waals surface area (Å²) < 4.78 is 5.15. The van der Waals surface area contributed by atoms with E-state index in [2.05, 4.69) is 10.7 Å². The van der Waals surface area contributed by atoms with Crippen LogP contribution in [-0.2, 0) is 25.7 Å². The molecule has 160 valence electrons. The van der Waals surface area contributed by atoms with Crippen molar-refractivity contribution < 1.29 is 23.9 Å². The number of alkyl carbamates (subject to hydrolysis) is 1. The van der Waals surface area contributed by atoms with Crippen molar-refractivity contribution in [3.05, 3.63) is 35.9 Å². The molecule has 0 saturated heterocycles. The van der Waals surface area contributed by atoms with Gasteiger partial charge in [-0.2, -0.15) is 0 Å². The highest BCUT2D eigenvalue weighted by molar-refractivity contribution is 6.27. The van der Waals surface area contributed by atoms with Crippen LogP contribution in [0.3, 0.4) is 0 Å². The van der Waals surface area contributed by atoms with E-state index in [1.54, 1.807) is 12.1 Å². The third-order valence-electron chi connectivity index (χ3n) is 3.77. The van der Waals surface area contributed by atoms with Gasteiger partial charge in [-0.3, -0.25) is 24.8 Å². The molecule has 0 aromatic heterocycles. The lowest BCUT2D eigenvalue weighted by molar-refractivity contribution is -0.141. The SMILES string of the molecule is CC(C)CC(NC(=O)OCc1ccccc1)C(=O)NN(CCC(N)=O)C(=O)CCl. The number of carbonyl (C=O) groups excluding carboxylic acids is 4. The molecule has 4 N–H and O–H groups in total. The predicted molar refractivity (Wildman–Crippen MR) is 107 cm³/mol. The summed E-state index contributed by atoms with van der Waals surface area (Å²) in [5, 5.41) is 3.43. The van der Waals surface area contributed by atoms with Gasteiger partial charge in [0.05, 0.1) is 6.54 Å². The smallest absolute Gasteiger partial charge is 0.408 e. The maximum atomic E-state index is 12.6. The number of alkyl halides is 1.